The number of nitrogens with zero attached hydrogens (tertiary/aromatic N) is 2. The number of benzene rings is 2. The van der Waals surface area contributed by atoms with Crippen molar-refractivity contribution in [3.63, 3.8) is 0 Å². The molecule has 1 aliphatic carbocycles. The van der Waals surface area contributed by atoms with Gasteiger partial charge in [-0.15, -0.1) is 0 Å². The van der Waals surface area contributed by atoms with Gasteiger partial charge in [-0.05, 0) is 48.7 Å². The van der Waals surface area contributed by atoms with Crippen LogP contribution in [0.2, 0.25) is 5.02 Å². The van der Waals surface area contributed by atoms with E-state index in [-0.39, 0.29) is 11.8 Å². The normalized spacial score (nSPS) is 13.6. The molecule has 4 aromatic rings. The number of amides is 2. The topological polar surface area (TPSA) is 126 Å². The molecule has 2 aromatic carbocycles. The molecule has 1 saturated carbocycles. The minimum absolute atomic E-state index is 0.234. The molecular formula is C27H23ClN4O5. The predicted octanol–water partition coefficient (Wildman–Crippen LogP) is 4.96. The first-order valence-electron chi connectivity index (χ1n) is 11.4. The third kappa shape index (κ3) is 4.61. The Morgan fingerprint density at radius 2 is 1.65 bits per heavy atom. The molecule has 0 saturated heterocycles. The lowest BCUT2D eigenvalue weighted by atomic mass is 10.0. The van der Waals surface area contributed by atoms with E-state index in [1.54, 1.807) is 63.0 Å². The molecule has 2 heterocycles. The van der Waals surface area contributed by atoms with Gasteiger partial charge in [-0.3, -0.25) is 14.6 Å². The maximum Gasteiger partial charge on any atom is 0.240 e. The monoisotopic (exact) mass is 518 g/mol. The van der Waals surface area contributed by atoms with Crippen LogP contribution < -0.4 is 25.3 Å². The van der Waals surface area contributed by atoms with Crippen molar-refractivity contribution < 1.29 is 23.8 Å². The summed E-state index contributed by atoms with van der Waals surface area (Å²) in [6, 6.07) is 14.2. The second-order valence-corrected chi connectivity index (χ2v) is 9.03. The number of hydrogen-bond donors (Lipinski definition) is 2. The number of nitrogens with two attached hydrogens (primary N) is 1. The van der Waals surface area contributed by atoms with Crippen molar-refractivity contribution in [3.8, 4) is 34.3 Å². The highest BCUT2D eigenvalue weighted by atomic mass is 35.5. The molecule has 9 nitrogen and oxygen atoms in total. The van der Waals surface area contributed by atoms with Gasteiger partial charge < -0.3 is 25.3 Å². The maximum absolute atomic E-state index is 12.4. The van der Waals surface area contributed by atoms with Gasteiger partial charge in [0.05, 0.1) is 19.7 Å². The highest BCUT2D eigenvalue weighted by Crippen LogP contribution is 2.46. The van der Waals surface area contributed by atoms with E-state index in [1.807, 2.05) is 12.1 Å². The maximum atomic E-state index is 12.4. The highest BCUT2D eigenvalue weighted by Gasteiger charge is 2.55. The molecule has 2 aromatic heterocycles. The van der Waals surface area contributed by atoms with Gasteiger partial charge in [0, 0.05) is 35.1 Å². The zero-order valence-corrected chi connectivity index (χ0v) is 20.8. The number of carbonyl (C=O) groups is 2. The second-order valence-electron chi connectivity index (χ2n) is 8.62. The summed E-state index contributed by atoms with van der Waals surface area (Å²) >= 11 is 6.52. The Balaban J connectivity index is 1.35. The first kappa shape index (κ1) is 24.3. The number of pyridine rings is 2. The predicted molar refractivity (Wildman–Crippen MR) is 139 cm³/mol. The fourth-order valence-corrected chi connectivity index (χ4v) is 4.21. The minimum Gasteiger partial charge on any atom is -0.493 e. The Bertz CT molecular complexity index is 1520. The van der Waals surface area contributed by atoms with E-state index < -0.39 is 11.3 Å². The zero-order chi connectivity index (χ0) is 26.2. The van der Waals surface area contributed by atoms with Gasteiger partial charge >= 0.3 is 0 Å². The summed E-state index contributed by atoms with van der Waals surface area (Å²) in [4.78, 5) is 32.8. The van der Waals surface area contributed by atoms with Crippen molar-refractivity contribution in [2.45, 2.75) is 12.8 Å². The van der Waals surface area contributed by atoms with Crippen LogP contribution in [0.1, 0.15) is 12.8 Å². The van der Waals surface area contributed by atoms with Crippen LogP contribution in [-0.4, -0.2) is 36.0 Å². The van der Waals surface area contributed by atoms with Crippen LogP contribution in [0.25, 0.3) is 22.0 Å². The minimum atomic E-state index is -1.08. The van der Waals surface area contributed by atoms with E-state index in [2.05, 4.69) is 15.3 Å². The average molecular weight is 519 g/mol. The van der Waals surface area contributed by atoms with Crippen LogP contribution in [0.5, 0.6) is 23.1 Å². The van der Waals surface area contributed by atoms with Gasteiger partial charge in [0.1, 0.15) is 16.2 Å². The standard InChI is InChI=1S/C27H23ClN4O5/c1-35-22-12-18-20(13-23(22)36-2)30-10-7-21(18)37-24-19(28)11-16(14-31-24)15-3-5-17(6-4-15)32-26(34)27(8-9-27)25(29)33/h3-7,10-14H,8-9H2,1-2H3,(H2,29,33)(H,32,34). The molecule has 0 unspecified atom stereocenters. The average Bonchev–Trinajstić information content (AvgIpc) is 3.72. The third-order valence-corrected chi connectivity index (χ3v) is 6.62. The summed E-state index contributed by atoms with van der Waals surface area (Å²) in [6.07, 6.45) is 4.22. The second kappa shape index (κ2) is 9.59. The lowest BCUT2D eigenvalue weighted by molar-refractivity contribution is -0.132. The molecule has 1 fully saturated rings. The number of primary amides is 1. The summed E-state index contributed by atoms with van der Waals surface area (Å²) in [7, 11) is 3.12. The Morgan fingerprint density at radius 3 is 2.27 bits per heavy atom. The quantitative estimate of drug-likeness (QED) is 0.315. The van der Waals surface area contributed by atoms with Crippen molar-refractivity contribution in [2.24, 2.45) is 11.1 Å². The van der Waals surface area contributed by atoms with Gasteiger partial charge in [-0.25, -0.2) is 4.98 Å². The molecular weight excluding hydrogens is 496 g/mol. The number of methoxy groups -OCH3 is 2. The third-order valence-electron chi connectivity index (χ3n) is 6.35. The molecule has 3 N–H and O–H groups in total. The van der Waals surface area contributed by atoms with Gasteiger partial charge in [-0.2, -0.15) is 0 Å². The summed E-state index contributed by atoms with van der Waals surface area (Å²) in [5.74, 6) is 0.881. The zero-order valence-electron chi connectivity index (χ0n) is 20.1. The summed E-state index contributed by atoms with van der Waals surface area (Å²) < 4.78 is 16.8. The Labute approximate surface area is 217 Å². The van der Waals surface area contributed by atoms with Crippen molar-refractivity contribution in [2.75, 3.05) is 19.5 Å². The van der Waals surface area contributed by atoms with Gasteiger partial charge in [0.25, 0.3) is 0 Å². The number of fused-ring (bicyclic) bond motifs is 1. The molecule has 2 amide bonds. The smallest absolute Gasteiger partial charge is 0.240 e. The number of anilines is 1. The van der Waals surface area contributed by atoms with Crippen molar-refractivity contribution in [1.82, 2.24) is 9.97 Å². The number of carbonyl (C=O) groups excluding carboxylic acids is 2. The molecule has 5 rings (SSSR count). The number of rotatable bonds is 8. The van der Waals surface area contributed by atoms with Gasteiger partial charge in [-0.1, -0.05) is 23.7 Å². The van der Waals surface area contributed by atoms with Crippen LogP contribution in [-0.2, 0) is 9.59 Å². The first-order valence-corrected chi connectivity index (χ1v) is 11.8. The molecule has 0 spiro atoms. The highest BCUT2D eigenvalue weighted by molar-refractivity contribution is 6.32. The number of aromatic nitrogens is 2. The van der Waals surface area contributed by atoms with Crippen LogP contribution >= 0.6 is 11.6 Å². The summed E-state index contributed by atoms with van der Waals surface area (Å²) in [5, 5.41) is 3.79. The summed E-state index contributed by atoms with van der Waals surface area (Å²) in [5.41, 5.74) is 7.12. The van der Waals surface area contributed by atoms with Crippen molar-refractivity contribution in [1.29, 1.82) is 0 Å². The lowest BCUT2D eigenvalue weighted by Crippen LogP contribution is -2.36. The molecule has 0 atom stereocenters. The van der Waals surface area contributed by atoms with Crippen LogP contribution in [0, 0.1) is 5.41 Å². The van der Waals surface area contributed by atoms with E-state index in [9.17, 15) is 9.59 Å². The Morgan fingerprint density at radius 1 is 0.946 bits per heavy atom. The molecule has 188 valence electrons. The molecule has 37 heavy (non-hydrogen) atoms. The van der Waals surface area contributed by atoms with E-state index >= 15 is 0 Å². The molecule has 0 radical (unpaired) electrons. The largest absolute Gasteiger partial charge is 0.493 e. The van der Waals surface area contributed by atoms with E-state index in [1.165, 1.54) is 0 Å². The van der Waals surface area contributed by atoms with E-state index in [0.717, 1.165) is 11.1 Å². The SMILES string of the molecule is COc1cc2nccc(Oc3ncc(-c4ccc(NC(=O)C5(C(N)=O)CC5)cc4)cc3Cl)c2cc1OC. The first-order chi connectivity index (χ1) is 17.8. The fraction of sp³-hybridized carbons (Fsp3) is 0.185. The molecule has 1 aliphatic rings. The molecule has 0 bridgehead atoms. The number of halogens is 1. The molecule has 0 aliphatic heterocycles. The van der Waals surface area contributed by atoms with Crippen molar-refractivity contribution in [3.05, 3.63) is 65.9 Å². The number of nitrogens with one attached hydrogen (secondary N) is 1. The van der Waals surface area contributed by atoms with Crippen molar-refractivity contribution >= 4 is 40.0 Å². The van der Waals surface area contributed by atoms with Gasteiger partial charge in [0.15, 0.2) is 11.5 Å². The Hall–Kier alpha value is -4.37. The van der Waals surface area contributed by atoms with E-state index in [4.69, 9.17) is 31.5 Å². The number of hydrogen-bond acceptors (Lipinski definition) is 7. The summed E-state index contributed by atoms with van der Waals surface area (Å²) in [6.45, 7) is 0. The lowest BCUT2D eigenvalue weighted by Gasteiger charge is -2.13. The Kier molecular flexibility index (Phi) is 6.31. The fourth-order valence-electron chi connectivity index (χ4n) is 4.01. The van der Waals surface area contributed by atoms with E-state index in [0.29, 0.717) is 51.7 Å². The van der Waals surface area contributed by atoms with Crippen LogP contribution in [0.3, 0.4) is 0 Å². The molecule has 10 heteroatoms. The van der Waals surface area contributed by atoms with Crippen LogP contribution in [0.4, 0.5) is 5.69 Å². The van der Waals surface area contributed by atoms with Crippen LogP contribution in [0.15, 0.2) is 60.9 Å². The van der Waals surface area contributed by atoms with Gasteiger partial charge in [0.2, 0.25) is 17.7 Å². The number of ether oxygens (including phenoxy) is 3.